The van der Waals surface area contributed by atoms with Crippen LogP contribution in [-0.2, 0) is 0 Å². The van der Waals surface area contributed by atoms with E-state index in [-0.39, 0.29) is 0 Å². The van der Waals surface area contributed by atoms with Gasteiger partial charge in [0.2, 0.25) is 0 Å². The summed E-state index contributed by atoms with van der Waals surface area (Å²) in [5.41, 5.74) is 6.76. The molecular weight excluding hydrogens is 454 g/mol. The standard InChI is InChI=1S/C32H41N5/c1-6-26(23(3)13-11-15-27(7-2)37-19-9-8-10-20-37)21-31-24(4)17-18-29(35-31)28-22-33-36-32(28)30-16-12-14-25(5)34-30/h6,12,14,16-18,21-22,27H,3-4,7-11,13,15,19-20H2,1-2,5H3,(H,33,36)/b26-6+,31-21+/t27-/m0/s1. The molecule has 0 aliphatic carbocycles. The normalized spacial score (nSPS) is 16.2. The topological polar surface area (TPSA) is 57.7 Å². The Bertz CT molecular complexity index is 1340. The fraction of sp³-hybridized carbons (Fsp3) is 0.406. The third kappa shape index (κ3) is 6.72. The summed E-state index contributed by atoms with van der Waals surface area (Å²) < 4.78 is 0. The molecule has 3 aromatic rings. The van der Waals surface area contributed by atoms with Crippen molar-refractivity contribution in [2.45, 2.75) is 71.8 Å². The number of aromatic amines is 1. The minimum absolute atomic E-state index is 0.697. The van der Waals surface area contributed by atoms with Crippen LogP contribution in [0.2, 0.25) is 0 Å². The Hall–Kier alpha value is -3.31. The average Bonchev–Trinajstić information content (AvgIpc) is 3.41. The van der Waals surface area contributed by atoms with Crippen LogP contribution in [0.15, 0.2) is 60.3 Å². The summed E-state index contributed by atoms with van der Waals surface area (Å²) in [6.07, 6.45) is 14.8. The Morgan fingerprint density at radius 2 is 1.92 bits per heavy atom. The summed E-state index contributed by atoms with van der Waals surface area (Å²) in [5, 5.41) is 9.15. The van der Waals surface area contributed by atoms with Gasteiger partial charge in [-0.1, -0.05) is 44.7 Å². The molecule has 0 amide bonds. The molecule has 37 heavy (non-hydrogen) atoms. The predicted molar refractivity (Wildman–Crippen MR) is 155 cm³/mol. The van der Waals surface area contributed by atoms with Crippen molar-refractivity contribution in [1.29, 1.82) is 0 Å². The Balaban J connectivity index is 1.50. The molecule has 1 atom stereocenters. The summed E-state index contributed by atoms with van der Waals surface area (Å²) in [6.45, 7) is 17.6. The van der Waals surface area contributed by atoms with Gasteiger partial charge in [-0.3, -0.25) is 10.1 Å². The molecule has 4 rings (SSSR count). The SMILES string of the molecule is C=C(CCC[C@H](CC)N1CCCCC1)C(=C/C)/C=c1/nc(-c2cn[nH]c2-c2cccc(C)n2)ccc1=C. The zero-order valence-corrected chi connectivity index (χ0v) is 22.8. The molecule has 5 nitrogen and oxygen atoms in total. The monoisotopic (exact) mass is 495 g/mol. The van der Waals surface area contributed by atoms with E-state index in [1.807, 2.05) is 43.5 Å². The van der Waals surface area contributed by atoms with Gasteiger partial charge in [0, 0.05) is 17.3 Å². The van der Waals surface area contributed by atoms with Gasteiger partial charge in [-0.2, -0.15) is 5.10 Å². The van der Waals surface area contributed by atoms with Gasteiger partial charge in [-0.25, -0.2) is 4.98 Å². The minimum atomic E-state index is 0.697. The van der Waals surface area contributed by atoms with Crippen LogP contribution >= 0.6 is 0 Å². The first-order valence-corrected chi connectivity index (χ1v) is 13.7. The molecule has 5 heteroatoms. The summed E-state index contributed by atoms with van der Waals surface area (Å²) in [6, 6.07) is 10.7. The lowest BCUT2D eigenvalue weighted by molar-refractivity contribution is 0.149. The van der Waals surface area contributed by atoms with Gasteiger partial charge in [-0.15, -0.1) is 0 Å². The van der Waals surface area contributed by atoms with E-state index in [9.17, 15) is 0 Å². The molecular formula is C32H41N5. The number of allylic oxidation sites excluding steroid dienone is 3. The van der Waals surface area contributed by atoms with Gasteiger partial charge in [0.05, 0.1) is 28.6 Å². The average molecular weight is 496 g/mol. The maximum absolute atomic E-state index is 4.98. The zero-order valence-electron chi connectivity index (χ0n) is 22.8. The number of hydrogen-bond donors (Lipinski definition) is 1. The largest absolute Gasteiger partial charge is 0.300 e. The second kappa shape index (κ2) is 12.8. The third-order valence-corrected chi connectivity index (χ3v) is 7.48. The number of aryl methyl sites for hydroxylation is 1. The first-order chi connectivity index (χ1) is 18.0. The number of likely N-dealkylation sites (tertiary alicyclic amines) is 1. The van der Waals surface area contributed by atoms with Crippen LogP contribution in [0.4, 0.5) is 0 Å². The highest BCUT2D eigenvalue weighted by molar-refractivity contribution is 5.76. The zero-order chi connectivity index (χ0) is 26.2. The smallest absolute Gasteiger partial charge is 0.0928 e. The van der Waals surface area contributed by atoms with Crippen molar-refractivity contribution in [2.24, 2.45) is 0 Å². The fourth-order valence-electron chi connectivity index (χ4n) is 5.30. The molecule has 0 radical (unpaired) electrons. The minimum Gasteiger partial charge on any atom is -0.300 e. The van der Waals surface area contributed by atoms with E-state index < -0.39 is 0 Å². The van der Waals surface area contributed by atoms with Crippen molar-refractivity contribution < 1.29 is 0 Å². The molecule has 0 spiro atoms. The number of piperidine rings is 1. The molecule has 0 bridgehead atoms. The summed E-state index contributed by atoms with van der Waals surface area (Å²) in [5.74, 6) is 0. The van der Waals surface area contributed by atoms with E-state index in [2.05, 4.69) is 59.2 Å². The Labute approximate surface area is 221 Å². The lowest BCUT2D eigenvalue weighted by Crippen LogP contribution is -2.38. The van der Waals surface area contributed by atoms with Crippen LogP contribution < -0.4 is 10.6 Å². The number of nitrogens with one attached hydrogen (secondary N) is 1. The van der Waals surface area contributed by atoms with E-state index in [0.717, 1.165) is 62.9 Å². The van der Waals surface area contributed by atoms with E-state index in [1.165, 1.54) is 45.2 Å². The number of nitrogens with zero attached hydrogens (tertiary/aromatic N) is 4. The number of H-pyrrole nitrogens is 1. The molecule has 1 N–H and O–H groups in total. The second-order valence-corrected chi connectivity index (χ2v) is 10.1. The summed E-state index contributed by atoms with van der Waals surface area (Å²) in [7, 11) is 0. The van der Waals surface area contributed by atoms with E-state index in [1.54, 1.807) is 0 Å². The predicted octanol–water partition coefficient (Wildman–Crippen LogP) is 5.97. The molecule has 0 saturated carbocycles. The van der Waals surface area contributed by atoms with Gasteiger partial charge in [-0.05, 0) is 106 Å². The Kier molecular flexibility index (Phi) is 9.24. The molecule has 0 unspecified atom stereocenters. The van der Waals surface area contributed by atoms with Gasteiger partial charge < -0.3 is 4.90 Å². The van der Waals surface area contributed by atoms with Gasteiger partial charge >= 0.3 is 0 Å². The van der Waals surface area contributed by atoms with Crippen molar-refractivity contribution in [3.8, 4) is 22.6 Å². The summed E-state index contributed by atoms with van der Waals surface area (Å²) in [4.78, 5) is 12.3. The van der Waals surface area contributed by atoms with Gasteiger partial charge in [0.25, 0.3) is 0 Å². The number of hydrogen-bond acceptors (Lipinski definition) is 4. The third-order valence-electron chi connectivity index (χ3n) is 7.48. The van der Waals surface area contributed by atoms with Crippen LogP contribution in [-0.4, -0.2) is 44.2 Å². The molecule has 1 saturated heterocycles. The molecule has 3 aromatic heterocycles. The highest BCUT2D eigenvalue weighted by Crippen LogP contribution is 2.27. The quantitative estimate of drug-likeness (QED) is 0.352. The number of aromatic nitrogens is 4. The molecule has 194 valence electrons. The van der Waals surface area contributed by atoms with Crippen molar-refractivity contribution >= 4 is 12.7 Å². The molecule has 1 fully saturated rings. The van der Waals surface area contributed by atoms with E-state index in [0.29, 0.717) is 6.04 Å². The molecule has 0 aromatic carbocycles. The first-order valence-electron chi connectivity index (χ1n) is 13.7. The maximum atomic E-state index is 4.98. The van der Waals surface area contributed by atoms with Crippen LogP contribution in [0.3, 0.4) is 0 Å². The van der Waals surface area contributed by atoms with Crippen molar-refractivity contribution in [3.63, 3.8) is 0 Å². The lowest BCUT2D eigenvalue weighted by Gasteiger charge is -2.34. The van der Waals surface area contributed by atoms with Crippen LogP contribution in [0.5, 0.6) is 0 Å². The Morgan fingerprint density at radius 1 is 1.11 bits per heavy atom. The van der Waals surface area contributed by atoms with Crippen LogP contribution in [0.1, 0.15) is 64.5 Å². The lowest BCUT2D eigenvalue weighted by atomic mass is 9.97. The van der Waals surface area contributed by atoms with Crippen LogP contribution in [0, 0.1) is 6.92 Å². The van der Waals surface area contributed by atoms with Crippen LogP contribution in [0.25, 0.3) is 35.3 Å². The molecule has 1 aliphatic heterocycles. The van der Waals surface area contributed by atoms with Crippen molar-refractivity contribution in [2.75, 3.05) is 13.1 Å². The number of pyridine rings is 2. The first kappa shape index (κ1) is 26.7. The highest BCUT2D eigenvalue weighted by Gasteiger charge is 2.19. The summed E-state index contributed by atoms with van der Waals surface area (Å²) >= 11 is 0. The molecule has 1 aliphatic rings. The highest BCUT2D eigenvalue weighted by atomic mass is 15.2. The van der Waals surface area contributed by atoms with E-state index in [4.69, 9.17) is 4.98 Å². The number of rotatable bonds is 10. The fourth-order valence-corrected chi connectivity index (χ4v) is 5.30. The second-order valence-electron chi connectivity index (χ2n) is 10.1. The van der Waals surface area contributed by atoms with E-state index >= 15 is 0 Å². The maximum Gasteiger partial charge on any atom is 0.0928 e. The van der Waals surface area contributed by atoms with Crippen molar-refractivity contribution in [1.82, 2.24) is 25.1 Å². The van der Waals surface area contributed by atoms with Gasteiger partial charge in [0.15, 0.2) is 0 Å². The molecule has 4 heterocycles. The van der Waals surface area contributed by atoms with Gasteiger partial charge in [0.1, 0.15) is 0 Å². The Morgan fingerprint density at radius 3 is 2.65 bits per heavy atom. The van der Waals surface area contributed by atoms with Crippen molar-refractivity contribution in [3.05, 3.63) is 76.6 Å².